The van der Waals surface area contributed by atoms with Crippen molar-refractivity contribution in [3.63, 3.8) is 0 Å². The Hall–Kier alpha value is -1.42. The maximum atomic E-state index is 13.5. The van der Waals surface area contributed by atoms with Crippen molar-refractivity contribution in [3.8, 4) is 0 Å². The molecule has 0 spiro atoms. The first-order valence-corrected chi connectivity index (χ1v) is 6.90. The summed E-state index contributed by atoms with van der Waals surface area (Å²) in [6.45, 7) is 2.07. The topological polar surface area (TPSA) is 27.8 Å². The molecular weight excluding hydrogens is 246 g/mol. The van der Waals surface area contributed by atoms with Gasteiger partial charge in [0.05, 0.1) is 5.52 Å². The summed E-state index contributed by atoms with van der Waals surface area (Å²) in [4.78, 5) is 2.89. The summed E-state index contributed by atoms with van der Waals surface area (Å²) in [5, 5.41) is 4.09. The molecule has 4 heteroatoms. The van der Waals surface area contributed by atoms with E-state index in [4.69, 9.17) is 0 Å². The molecule has 1 heterocycles. The van der Waals surface area contributed by atoms with Crippen LogP contribution in [0.5, 0.6) is 0 Å². The molecule has 0 bridgehead atoms. The second-order valence-corrected chi connectivity index (χ2v) is 5.38. The third-order valence-corrected chi connectivity index (χ3v) is 3.72. The van der Waals surface area contributed by atoms with Gasteiger partial charge in [-0.05, 0) is 56.3 Å². The number of H-pyrrole nitrogens is 1. The van der Waals surface area contributed by atoms with Crippen molar-refractivity contribution >= 4 is 10.9 Å². The smallest absolute Gasteiger partial charge is 0.150 e. The molecular formula is C15H18F2N2. The quantitative estimate of drug-likeness (QED) is 0.769. The molecule has 3 rings (SSSR count). The highest BCUT2D eigenvalue weighted by Crippen LogP contribution is 2.27. The molecule has 0 saturated heterocycles. The number of aromatic nitrogens is 1. The Kier molecular flexibility index (Phi) is 3.51. The third kappa shape index (κ3) is 2.95. The molecule has 1 saturated carbocycles. The molecule has 0 atom stereocenters. The van der Waals surface area contributed by atoms with Gasteiger partial charge in [-0.25, -0.2) is 8.78 Å². The van der Waals surface area contributed by atoms with Gasteiger partial charge in [0.1, 0.15) is 11.6 Å². The molecule has 2 aromatic rings. The van der Waals surface area contributed by atoms with Crippen LogP contribution >= 0.6 is 0 Å². The van der Waals surface area contributed by atoms with Crippen LogP contribution in [0.15, 0.2) is 18.3 Å². The van der Waals surface area contributed by atoms with Gasteiger partial charge in [0.15, 0.2) is 0 Å². The van der Waals surface area contributed by atoms with Gasteiger partial charge < -0.3 is 10.3 Å². The summed E-state index contributed by atoms with van der Waals surface area (Å²) in [6.07, 6.45) is 6.31. The van der Waals surface area contributed by atoms with Gasteiger partial charge in [-0.2, -0.15) is 0 Å². The van der Waals surface area contributed by atoms with E-state index in [9.17, 15) is 8.78 Å². The Morgan fingerprint density at radius 3 is 2.89 bits per heavy atom. The fourth-order valence-corrected chi connectivity index (χ4v) is 2.45. The molecule has 0 amide bonds. The van der Waals surface area contributed by atoms with E-state index >= 15 is 0 Å². The minimum atomic E-state index is -0.520. The number of hydrogen-bond acceptors (Lipinski definition) is 1. The van der Waals surface area contributed by atoms with E-state index in [0.29, 0.717) is 10.9 Å². The standard InChI is InChI=1S/C15H18F2N2/c16-12-6-13-11(9-19-15(13)14(17)7-12)2-1-5-18-8-10-3-4-10/h6-7,9-10,18-19H,1-5,8H2. The lowest BCUT2D eigenvalue weighted by atomic mass is 10.1. The Labute approximate surface area is 111 Å². The van der Waals surface area contributed by atoms with Crippen LogP contribution in [0.4, 0.5) is 8.78 Å². The van der Waals surface area contributed by atoms with Crippen LogP contribution in [0, 0.1) is 17.6 Å². The second-order valence-electron chi connectivity index (χ2n) is 5.38. The molecule has 1 aromatic carbocycles. The van der Waals surface area contributed by atoms with Gasteiger partial charge in [-0.15, -0.1) is 0 Å². The molecule has 0 unspecified atom stereocenters. The van der Waals surface area contributed by atoms with Crippen molar-refractivity contribution in [1.29, 1.82) is 0 Å². The first kappa shape index (κ1) is 12.6. The third-order valence-electron chi connectivity index (χ3n) is 3.72. The molecule has 19 heavy (non-hydrogen) atoms. The van der Waals surface area contributed by atoms with Gasteiger partial charge in [-0.1, -0.05) is 0 Å². The summed E-state index contributed by atoms with van der Waals surface area (Å²) in [6, 6.07) is 2.32. The molecule has 1 aromatic heterocycles. The molecule has 1 fully saturated rings. The first-order valence-electron chi connectivity index (χ1n) is 6.90. The monoisotopic (exact) mass is 264 g/mol. The van der Waals surface area contributed by atoms with Crippen molar-refractivity contribution in [2.75, 3.05) is 13.1 Å². The zero-order valence-corrected chi connectivity index (χ0v) is 10.8. The van der Waals surface area contributed by atoms with E-state index in [-0.39, 0.29) is 0 Å². The molecule has 1 aliphatic carbocycles. The van der Waals surface area contributed by atoms with Crippen molar-refractivity contribution in [2.45, 2.75) is 25.7 Å². The van der Waals surface area contributed by atoms with Gasteiger partial charge in [0.2, 0.25) is 0 Å². The zero-order valence-electron chi connectivity index (χ0n) is 10.8. The van der Waals surface area contributed by atoms with Gasteiger partial charge in [0.25, 0.3) is 0 Å². The van der Waals surface area contributed by atoms with Crippen molar-refractivity contribution < 1.29 is 8.78 Å². The van der Waals surface area contributed by atoms with E-state index in [2.05, 4.69) is 10.3 Å². The number of hydrogen-bond donors (Lipinski definition) is 2. The lowest BCUT2D eigenvalue weighted by Crippen LogP contribution is -2.18. The van der Waals surface area contributed by atoms with Crippen molar-refractivity contribution in [2.24, 2.45) is 5.92 Å². The van der Waals surface area contributed by atoms with E-state index in [1.165, 1.54) is 18.9 Å². The number of rotatable bonds is 6. The lowest BCUT2D eigenvalue weighted by Gasteiger charge is -2.03. The number of nitrogens with one attached hydrogen (secondary N) is 2. The van der Waals surface area contributed by atoms with Crippen LogP contribution in [0.2, 0.25) is 0 Å². The van der Waals surface area contributed by atoms with Crippen LogP contribution < -0.4 is 5.32 Å². The van der Waals surface area contributed by atoms with Gasteiger partial charge in [-0.3, -0.25) is 0 Å². The summed E-state index contributed by atoms with van der Waals surface area (Å²) in [5.41, 5.74) is 1.39. The fourth-order valence-electron chi connectivity index (χ4n) is 2.45. The first-order chi connectivity index (χ1) is 9.24. The van der Waals surface area contributed by atoms with Gasteiger partial charge >= 0.3 is 0 Å². The summed E-state index contributed by atoms with van der Waals surface area (Å²) in [7, 11) is 0. The Morgan fingerprint density at radius 1 is 1.26 bits per heavy atom. The van der Waals surface area contributed by atoms with Crippen LogP contribution in [-0.2, 0) is 6.42 Å². The van der Waals surface area contributed by atoms with Crippen molar-refractivity contribution in [1.82, 2.24) is 10.3 Å². The predicted octanol–water partition coefficient (Wildman–Crippen LogP) is 3.38. The van der Waals surface area contributed by atoms with E-state index < -0.39 is 11.6 Å². The maximum absolute atomic E-state index is 13.5. The largest absolute Gasteiger partial charge is 0.359 e. The highest BCUT2D eigenvalue weighted by atomic mass is 19.1. The normalized spacial score (nSPS) is 15.3. The highest BCUT2D eigenvalue weighted by Gasteiger charge is 2.19. The summed E-state index contributed by atoms with van der Waals surface area (Å²) < 4.78 is 26.7. The lowest BCUT2D eigenvalue weighted by molar-refractivity contribution is 0.590. The van der Waals surface area contributed by atoms with Crippen LogP contribution in [0.3, 0.4) is 0 Å². The molecule has 2 N–H and O–H groups in total. The number of aromatic amines is 1. The minimum absolute atomic E-state index is 0.405. The second kappa shape index (κ2) is 5.29. The summed E-state index contributed by atoms with van der Waals surface area (Å²) in [5.74, 6) is -0.151. The highest BCUT2D eigenvalue weighted by molar-refractivity contribution is 5.83. The molecule has 102 valence electrons. The predicted molar refractivity (Wildman–Crippen MR) is 72.1 cm³/mol. The minimum Gasteiger partial charge on any atom is -0.359 e. The number of aryl methyl sites for hydroxylation is 1. The summed E-state index contributed by atoms with van der Waals surface area (Å²) >= 11 is 0. The average Bonchev–Trinajstić information content (AvgIpc) is 3.10. The van der Waals surface area contributed by atoms with Crippen molar-refractivity contribution in [3.05, 3.63) is 35.5 Å². The fraction of sp³-hybridized carbons (Fsp3) is 0.467. The van der Waals surface area contributed by atoms with Crippen LogP contribution in [0.1, 0.15) is 24.8 Å². The maximum Gasteiger partial charge on any atom is 0.150 e. The number of halogens is 2. The Bertz CT molecular complexity index is 573. The number of benzene rings is 1. The molecule has 1 aliphatic rings. The number of fused-ring (bicyclic) bond motifs is 1. The molecule has 0 aliphatic heterocycles. The van der Waals surface area contributed by atoms with Crippen LogP contribution in [0.25, 0.3) is 10.9 Å². The molecule has 0 radical (unpaired) electrons. The van der Waals surface area contributed by atoms with E-state index in [1.807, 2.05) is 0 Å². The average molecular weight is 264 g/mol. The Morgan fingerprint density at radius 2 is 2.11 bits per heavy atom. The zero-order chi connectivity index (χ0) is 13.2. The SMILES string of the molecule is Fc1cc(F)c2[nH]cc(CCCNCC3CC3)c2c1. The van der Waals surface area contributed by atoms with Crippen LogP contribution in [-0.4, -0.2) is 18.1 Å². The van der Waals surface area contributed by atoms with E-state index in [1.54, 1.807) is 6.20 Å². The van der Waals surface area contributed by atoms with Gasteiger partial charge in [0, 0.05) is 17.6 Å². The molecule has 2 nitrogen and oxygen atoms in total. The van der Waals surface area contributed by atoms with E-state index in [0.717, 1.165) is 43.5 Å². The Balaban J connectivity index is 1.60.